The predicted molar refractivity (Wildman–Crippen MR) is 99.8 cm³/mol. The number of nitrogens with zero attached hydrogens (tertiary/aromatic N) is 1. The fraction of sp³-hybridized carbons (Fsp3) is 0.300. The lowest BCUT2D eigenvalue weighted by Gasteiger charge is -2.17. The van der Waals surface area contributed by atoms with E-state index in [1.165, 1.54) is 0 Å². The highest BCUT2D eigenvalue weighted by molar-refractivity contribution is 6.03. The highest BCUT2D eigenvalue weighted by atomic mass is 16.5. The molecule has 1 saturated heterocycles. The van der Waals surface area contributed by atoms with Crippen molar-refractivity contribution < 1.29 is 19.1 Å². The summed E-state index contributed by atoms with van der Waals surface area (Å²) in [6, 6.07) is 12.9. The van der Waals surface area contributed by atoms with Gasteiger partial charge in [-0.2, -0.15) is 0 Å². The van der Waals surface area contributed by atoms with Crippen molar-refractivity contribution in [2.24, 2.45) is 5.92 Å². The van der Waals surface area contributed by atoms with Gasteiger partial charge < -0.3 is 19.7 Å². The van der Waals surface area contributed by atoms with Crippen LogP contribution in [0.2, 0.25) is 0 Å². The largest absolute Gasteiger partial charge is 0.493 e. The van der Waals surface area contributed by atoms with Gasteiger partial charge in [0.2, 0.25) is 11.8 Å². The molecule has 1 aliphatic heterocycles. The van der Waals surface area contributed by atoms with Crippen LogP contribution >= 0.6 is 0 Å². The zero-order chi connectivity index (χ0) is 18.7. The maximum Gasteiger partial charge on any atom is 0.229 e. The van der Waals surface area contributed by atoms with Crippen LogP contribution in [0.1, 0.15) is 12.0 Å². The van der Waals surface area contributed by atoms with E-state index in [4.69, 9.17) is 9.47 Å². The number of hydrogen-bond acceptors (Lipinski definition) is 4. The van der Waals surface area contributed by atoms with Crippen molar-refractivity contribution in [2.45, 2.75) is 13.3 Å². The van der Waals surface area contributed by atoms with E-state index in [9.17, 15) is 9.59 Å². The molecule has 6 heteroatoms. The lowest BCUT2D eigenvalue weighted by molar-refractivity contribution is -0.122. The Kier molecular flexibility index (Phi) is 5.11. The number of ether oxygens (including phenoxy) is 2. The van der Waals surface area contributed by atoms with Gasteiger partial charge in [0.15, 0.2) is 11.5 Å². The van der Waals surface area contributed by atoms with Gasteiger partial charge in [0.05, 0.1) is 20.1 Å². The second kappa shape index (κ2) is 7.47. The molecule has 1 unspecified atom stereocenters. The number of methoxy groups -OCH3 is 2. The minimum absolute atomic E-state index is 0.0413. The quantitative estimate of drug-likeness (QED) is 0.896. The van der Waals surface area contributed by atoms with Crippen molar-refractivity contribution >= 4 is 23.2 Å². The molecule has 1 N–H and O–H groups in total. The topological polar surface area (TPSA) is 67.9 Å². The molecule has 136 valence electrons. The Bertz CT molecular complexity index is 820. The molecule has 2 amide bonds. The van der Waals surface area contributed by atoms with E-state index >= 15 is 0 Å². The Labute approximate surface area is 152 Å². The van der Waals surface area contributed by atoms with Gasteiger partial charge in [-0.05, 0) is 30.7 Å². The number of carbonyl (C=O) groups is 2. The molecule has 0 aromatic heterocycles. The second-order valence-corrected chi connectivity index (χ2v) is 6.25. The maximum atomic E-state index is 12.7. The highest BCUT2D eigenvalue weighted by Gasteiger charge is 2.35. The van der Waals surface area contributed by atoms with Crippen LogP contribution in [-0.4, -0.2) is 32.6 Å². The summed E-state index contributed by atoms with van der Waals surface area (Å²) < 4.78 is 10.6. The summed E-state index contributed by atoms with van der Waals surface area (Å²) in [6.45, 7) is 2.26. The summed E-state index contributed by atoms with van der Waals surface area (Å²) in [5.41, 5.74) is 2.33. The average molecular weight is 354 g/mol. The first-order valence-corrected chi connectivity index (χ1v) is 8.42. The number of carbonyl (C=O) groups excluding carboxylic acids is 2. The first-order valence-electron chi connectivity index (χ1n) is 8.42. The lowest BCUT2D eigenvalue weighted by Crippen LogP contribution is -2.28. The summed E-state index contributed by atoms with van der Waals surface area (Å²) >= 11 is 0. The third-order valence-corrected chi connectivity index (χ3v) is 4.55. The summed E-state index contributed by atoms with van der Waals surface area (Å²) in [7, 11) is 3.12. The number of hydrogen-bond donors (Lipinski definition) is 1. The molecule has 3 rings (SSSR count). The van der Waals surface area contributed by atoms with Crippen LogP contribution in [0.5, 0.6) is 11.5 Å². The molecule has 0 radical (unpaired) electrons. The number of nitrogens with one attached hydrogen (secondary N) is 1. The van der Waals surface area contributed by atoms with Gasteiger partial charge in [-0.15, -0.1) is 0 Å². The van der Waals surface area contributed by atoms with Crippen molar-refractivity contribution in [1.29, 1.82) is 0 Å². The Morgan fingerprint density at radius 2 is 1.77 bits per heavy atom. The average Bonchev–Trinajstić information content (AvgIpc) is 3.05. The standard InChI is InChI=1S/C20H22N2O4/c1-13-9-17(25-2)18(26-3)11-16(13)21-20(24)14-10-19(23)22(12-14)15-7-5-4-6-8-15/h4-9,11,14H,10,12H2,1-3H3,(H,21,24). The third-order valence-electron chi connectivity index (χ3n) is 4.55. The highest BCUT2D eigenvalue weighted by Crippen LogP contribution is 2.33. The zero-order valence-corrected chi connectivity index (χ0v) is 15.1. The first-order chi connectivity index (χ1) is 12.5. The molecular formula is C20H22N2O4. The van der Waals surface area contributed by atoms with E-state index in [2.05, 4.69) is 5.32 Å². The molecular weight excluding hydrogens is 332 g/mol. The van der Waals surface area contributed by atoms with Crippen molar-refractivity contribution in [3.8, 4) is 11.5 Å². The molecule has 2 aromatic rings. The van der Waals surface area contributed by atoms with Crippen LogP contribution < -0.4 is 19.7 Å². The van der Waals surface area contributed by atoms with Crippen molar-refractivity contribution in [1.82, 2.24) is 0 Å². The normalized spacial score (nSPS) is 16.5. The van der Waals surface area contributed by atoms with E-state index in [0.717, 1.165) is 11.3 Å². The van der Waals surface area contributed by atoms with E-state index in [0.29, 0.717) is 23.7 Å². The van der Waals surface area contributed by atoms with Gasteiger partial charge >= 0.3 is 0 Å². The monoisotopic (exact) mass is 354 g/mol. The molecule has 0 aliphatic carbocycles. The zero-order valence-electron chi connectivity index (χ0n) is 15.1. The molecule has 1 aliphatic rings. The molecule has 1 atom stereocenters. The van der Waals surface area contributed by atoms with Crippen LogP contribution in [0.25, 0.3) is 0 Å². The van der Waals surface area contributed by atoms with E-state index in [1.807, 2.05) is 43.3 Å². The van der Waals surface area contributed by atoms with Crippen LogP contribution in [0.3, 0.4) is 0 Å². The fourth-order valence-corrected chi connectivity index (χ4v) is 3.09. The smallest absolute Gasteiger partial charge is 0.229 e. The van der Waals surface area contributed by atoms with E-state index < -0.39 is 5.92 Å². The molecule has 2 aromatic carbocycles. The number of rotatable bonds is 5. The van der Waals surface area contributed by atoms with Crippen LogP contribution in [0.4, 0.5) is 11.4 Å². The minimum Gasteiger partial charge on any atom is -0.493 e. The van der Waals surface area contributed by atoms with Crippen molar-refractivity contribution in [3.63, 3.8) is 0 Å². The Hall–Kier alpha value is -3.02. The summed E-state index contributed by atoms with van der Waals surface area (Å²) in [4.78, 5) is 26.6. The number of amides is 2. The predicted octanol–water partition coefficient (Wildman–Crippen LogP) is 3.00. The molecule has 0 spiro atoms. The molecule has 0 bridgehead atoms. The van der Waals surface area contributed by atoms with E-state index in [1.54, 1.807) is 25.2 Å². The fourth-order valence-electron chi connectivity index (χ4n) is 3.09. The Morgan fingerprint density at radius 1 is 1.12 bits per heavy atom. The van der Waals surface area contributed by atoms with Gasteiger partial charge in [0, 0.05) is 30.4 Å². The summed E-state index contributed by atoms with van der Waals surface area (Å²) in [5.74, 6) is 0.541. The number of aryl methyl sites for hydroxylation is 1. The second-order valence-electron chi connectivity index (χ2n) is 6.25. The molecule has 26 heavy (non-hydrogen) atoms. The molecule has 6 nitrogen and oxygen atoms in total. The molecule has 1 fully saturated rings. The van der Waals surface area contributed by atoms with Crippen molar-refractivity contribution in [2.75, 3.05) is 31.0 Å². The van der Waals surface area contributed by atoms with Crippen molar-refractivity contribution in [3.05, 3.63) is 48.0 Å². The SMILES string of the molecule is COc1cc(C)c(NC(=O)C2CC(=O)N(c3ccccc3)C2)cc1OC. The lowest BCUT2D eigenvalue weighted by atomic mass is 10.1. The van der Waals surface area contributed by atoms with Gasteiger partial charge in [-0.3, -0.25) is 9.59 Å². The maximum absolute atomic E-state index is 12.7. The number of benzene rings is 2. The van der Waals surface area contributed by atoms with Gasteiger partial charge in [0.1, 0.15) is 0 Å². The molecule has 1 heterocycles. The minimum atomic E-state index is -0.393. The van der Waals surface area contributed by atoms with Gasteiger partial charge in [0.25, 0.3) is 0 Å². The number of para-hydroxylation sites is 1. The third kappa shape index (κ3) is 3.49. The van der Waals surface area contributed by atoms with Gasteiger partial charge in [-0.1, -0.05) is 18.2 Å². The van der Waals surface area contributed by atoms with Crippen LogP contribution in [0, 0.1) is 12.8 Å². The van der Waals surface area contributed by atoms with Crippen LogP contribution in [-0.2, 0) is 9.59 Å². The van der Waals surface area contributed by atoms with Crippen LogP contribution in [0.15, 0.2) is 42.5 Å². The van der Waals surface area contributed by atoms with Gasteiger partial charge in [-0.25, -0.2) is 0 Å². The summed E-state index contributed by atoms with van der Waals surface area (Å²) in [5, 5.41) is 2.92. The molecule has 0 saturated carbocycles. The first kappa shape index (κ1) is 17.8. The number of anilines is 2. The van der Waals surface area contributed by atoms with E-state index in [-0.39, 0.29) is 18.2 Å². The summed E-state index contributed by atoms with van der Waals surface area (Å²) in [6.07, 6.45) is 0.201. The Morgan fingerprint density at radius 3 is 2.42 bits per heavy atom. The Balaban J connectivity index is 1.74.